The Morgan fingerprint density at radius 3 is 3.05 bits per heavy atom. The number of nitrogens with zero attached hydrogens (tertiary/aromatic N) is 2. The second-order valence-electron chi connectivity index (χ2n) is 4.69. The van der Waals surface area contributed by atoms with Gasteiger partial charge in [0.1, 0.15) is 0 Å². The number of nitrogens with two attached hydrogens (primary N) is 1. The van der Waals surface area contributed by atoms with E-state index in [0.29, 0.717) is 19.7 Å². The van der Waals surface area contributed by atoms with Gasteiger partial charge in [-0.25, -0.2) is 0 Å². The summed E-state index contributed by atoms with van der Waals surface area (Å²) >= 11 is 1.65. The van der Waals surface area contributed by atoms with E-state index in [2.05, 4.69) is 17.0 Å². The van der Waals surface area contributed by atoms with Crippen LogP contribution in [0.15, 0.2) is 28.3 Å². The van der Waals surface area contributed by atoms with E-state index in [1.807, 2.05) is 18.2 Å². The smallest absolute Gasteiger partial charge is 0.173 e. The Morgan fingerprint density at radius 2 is 2.38 bits per heavy atom. The van der Waals surface area contributed by atoms with Gasteiger partial charge < -0.3 is 25.7 Å². The van der Waals surface area contributed by atoms with Gasteiger partial charge in [0.2, 0.25) is 0 Å². The number of anilines is 1. The first-order chi connectivity index (χ1) is 10.2. The third kappa shape index (κ3) is 3.61. The lowest BCUT2D eigenvalue weighted by atomic mass is 10.1. The first-order valence-corrected chi connectivity index (χ1v) is 7.90. The molecule has 21 heavy (non-hydrogen) atoms. The molecule has 1 aliphatic rings. The summed E-state index contributed by atoms with van der Waals surface area (Å²) in [6.45, 7) is 3.89. The van der Waals surface area contributed by atoms with Gasteiger partial charge in [-0.3, -0.25) is 0 Å². The van der Waals surface area contributed by atoms with E-state index in [0.717, 1.165) is 21.9 Å². The maximum atomic E-state index is 9.27. The van der Waals surface area contributed by atoms with Crippen LogP contribution in [0.5, 0.6) is 0 Å². The molecule has 0 spiro atoms. The molecule has 0 bridgehead atoms. The summed E-state index contributed by atoms with van der Waals surface area (Å²) in [5.74, 6) is 1.01. The number of hydrogen-bond acceptors (Lipinski definition) is 6. The fraction of sp³-hybridized carbons (Fsp3) is 0.500. The highest BCUT2D eigenvalue weighted by atomic mass is 32.2. The van der Waals surface area contributed by atoms with Crippen LogP contribution < -0.4 is 10.6 Å². The summed E-state index contributed by atoms with van der Waals surface area (Å²) < 4.78 is 5.48. The molecule has 1 fully saturated rings. The maximum absolute atomic E-state index is 9.27. The van der Waals surface area contributed by atoms with Crippen molar-refractivity contribution in [1.29, 1.82) is 0 Å². The third-order valence-corrected chi connectivity index (χ3v) is 4.29. The number of thioether (sulfide) groups is 1. The van der Waals surface area contributed by atoms with Crippen molar-refractivity contribution in [2.24, 2.45) is 10.9 Å². The number of oxime groups is 1. The number of rotatable bonds is 5. The minimum Gasteiger partial charge on any atom is -0.409 e. The standard InChI is InChI=1S/C14H21N3O3S/c1-2-21-12-5-3-4-11(13(12)14(15)16-19)17-6-7-20-10(8-17)9-18/h3-5,10,18-19H,2,6-9H2,1H3,(H2,15,16). The minimum atomic E-state index is -0.207. The highest BCUT2D eigenvalue weighted by Gasteiger charge is 2.24. The number of benzene rings is 1. The number of morpholine rings is 1. The van der Waals surface area contributed by atoms with E-state index in [1.54, 1.807) is 11.8 Å². The number of aliphatic hydroxyl groups excluding tert-OH is 1. The first kappa shape index (κ1) is 15.9. The Morgan fingerprint density at radius 1 is 1.57 bits per heavy atom. The predicted octanol–water partition coefficient (Wildman–Crippen LogP) is 1.09. The van der Waals surface area contributed by atoms with E-state index < -0.39 is 0 Å². The van der Waals surface area contributed by atoms with Gasteiger partial charge in [0.25, 0.3) is 0 Å². The molecule has 0 aliphatic carbocycles. The van der Waals surface area contributed by atoms with Gasteiger partial charge in [0.05, 0.1) is 24.9 Å². The summed E-state index contributed by atoms with van der Waals surface area (Å²) in [5.41, 5.74) is 7.53. The topological polar surface area (TPSA) is 91.3 Å². The van der Waals surface area contributed by atoms with Gasteiger partial charge in [-0.2, -0.15) is 0 Å². The van der Waals surface area contributed by atoms with Crippen LogP contribution in [-0.4, -0.2) is 54.3 Å². The van der Waals surface area contributed by atoms with Crippen molar-refractivity contribution in [3.05, 3.63) is 23.8 Å². The van der Waals surface area contributed by atoms with Crippen molar-refractivity contribution in [2.75, 3.05) is 37.0 Å². The molecule has 0 aromatic heterocycles. The van der Waals surface area contributed by atoms with Gasteiger partial charge >= 0.3 is 0 Å². The third-order valence-electron chi connectivity index (χ3n) is 3.35. The van der Waals surface area contributed by atoms with E-state index in [1.165, 1.54) is 0 Å². The second kappa shape index (κ2) is 7.53. The van der Waals surface area contributed by atoms with Crippen LogP contribution in [0, 0.1) is 0 Å². The monoisotopic (exact) mass is 311 g/mol. The molecule has 1 saturated heterocycles. The van der Waals surface area contributed by atoms with Crippen molar-refractivity contribution in [3.63, 3.8) is 0 Å². The highest BCUT2D eigenvalue weighted by molar-refractivity contribution is 7.99. The lowest BCUT2D eigenvalue weighted by Gasteiger charge is -2.35. The molecule has 1 aromatic carbocycles. The first-order valence-electron chi connectivity index (χ1n) is 6.92. The van der Waals surface area contributed by atoms with Crippen LogP contribution in [0.25, 0.3) is 0 Å². The Balaban J connectivity index is 2.40. The number of aliphatic hydroxyl groups is 1. The predicted molar refractivity (Wildman–Crippen MR) is 84.4 cm³/mol. The average molecular weight is 311 g/mol. The molecular formula is C14H21N3O3S. The molecule has 116 valence electrons. The fourth-order valence-electron chi connectivity index (χ4n) is 2.41. The number of amidine groups is 1. The zero-order chi connectivity index (χ0) is 15.2. The van der Waals surface area contributed by atoms with Gasteiger partial charge in [-0.15, -0.1) is 11.8 Å². The molecule has 0 amide bonds. The Bertz CT molecular complexity index is 510. The largest absolute Gasteiger partial charge is 0.409 e. The molecule has 6 nitrogen and oxygen atoms in total. The zero-order valence-electron chi connectivity index (χ0n) is 12.0. The summed E-state index contributed by atoms with van der Waals surface area (Å²) in [7, 11) is 0. The highest BCUT2D eigenvalue weighted by Crippen LogP contribution is 2.31. The average Bonchev–Trinajstić information content (AvgIpc) is 2.54. The van der Waals surface area contributed by atoms with Crippen LogP contribution in [0.3, 0.4) is 0 Å². The fourth-order valence-corrected chi connectivity index (χ4v) is 3.25. The molecule has 0 radical (unpaired) electrons. The summed E-state index contributed by atoms with van der Waals surface area (Å²) in [4.78, 5) is 3.09. The van der Waals surface area contributed by atoms with E-state index in [-0.39, 0.29) is 18.5 Å². The lowest BCUT2D eigenvalue weighted by molar-refractivity contribution is 0.00355. The molecule has 0 saturated carbocycles. The summed E-state index contributed by atoms with van der Waals surface area (Å²) in [6, 6.07) is 5.88. The van der Waals surface area contributed by atoms with E-state index >= 15 is 0 Å². The van der Waals surface area contributed by atoms with E-state index in [4.69, 9.17) is 15.7 Å². The van der Waals surface area contributed by atoms with Crippen LogP contribution in [0.4, 0.5) is 5.69 Å². The van der Waals surface area contributed by atoms with Crippen molar-refractivity contribution in [2.45, 2.75) is 17.9 Å². The van der Waals surface area contributed by atoms with Crippen LogP contribution in [0.1, 0.15) is 12.5 Å². The van der Waals surface area contributed by atoms with Crippen LogP contribution >= 0.6 is 11.8 Å². The van der Waals surface area contributed by atoms with Gasteiger partial charge in [0, 0.05) is 23.7 Å². The second-order valence-corrected chi connectivity index (χ2v) is 6.00. The minimum absolute atomic E-state index is 0.0151. The zero-order valence-corrected chi connectivity index (χ0v) is 12.8. The van der Waals surface area contributed by atoms with Gasteiger partial charge in [0.15, 0.2) is 5.84 Å². The molecule has 1 aliphatic heterocycles. The van der Waals surface area contributed by atoms with Crippen molar-refractivity contribution in [3.8, 4) is 0 Å². The maximum Gasteiger partial charge on any atom is 0.173 e. The van der Waals surface area contributed by atoms with E-state index in [9.17, 15) is 5.11 Å². The SMILES string of the molecule is CCSc1cccc(N2CCOC(CO)C2)c1/C(N)=N/O. The molecule has 1 aromatic rings. The quantitative estimate of drug-likeness (QED) is 0.248. The van der Waals surface area contributed by atoms with Gasteiger partial charge in [-0.05, 0) is 17.9 Å². The van der Waals surface area contributed by atoms with Crippen molar-refractivity contribution < 1.29 is 15.1 Å². The van der Waals surface area contributed by atoms with Crippen LogP contribution in [-0.2, 0) is 4.74 Å². The molecule has 4 N–H and O–H groups in total. The number of hydrogen-bond donors (Lipinski definition) is 3. The Labute approximate surface area is 128 Å². The Hall–Kier alpha value is -1.44. The molecule has 7 heteroatoms. The lowest BCUT2D eigenvalue weighted by Crippen LogP contribution is -2.44. The molecule has 2 rings (SSSR count). The van der Waals surface area contributed by atoms with Crippen molar-refractivity contribution in [1.82, 2.24) is 0 Å². The van der Waals surface area contributed by atoms with Crippen molar-refractivity contribution >= 4 is 23.3 Å². The van der Waals surface area contributed by atoms with Gasteiger partial charge in [-0.1, -0.05) is 18.1 Å². The summed E-state index contributed by atoms with van der Waals surface area (Å²) in [5, 5.41) is 21.5. The van der Waals surface area contributed by atoms with Crippen LogP contribution in [0.2, 0.25) is 0 Å². The number of ether oxygens (including phenoxy) is 1. The normalized spacial score (nSPS) is 19.8. The molecule has 1 atom stereocenters. The molecule has 1 unspecified atom stereocenters. The summed E-state index contributed by atoms with van der Waals surface area (Å²) in [6.07, 6.45) is -0.207. The molecular weight excluding hydrogens is 290 g/mol. The Kier molecular flexibility index (Phi) is 5.72. The molecule has 1 heterocycles.